The zero-order chi connectivity index (χ0) is 21.1. The minimum atomic E-state index is -0.485. The Hall–Kier alpha value is -3.22. The highest BCUT2D eigenvalue weighted by Crippen LogP contribution is 2.17. The predicted molar refractivity (Wildman–Crippen MR) is 108 cm³/mol. The van der Waals surface area contributed by atoms with Gasteiger partial charge in [0.2, 0.25) is 0 Å². The third kappa shape index (κ3) is 7.73. The summed E-state index contributed by atoms with van der Waals surface area (Å²) in [5.41, 5.74) is 0.962. The van der Waals surface area contributed by atoms with Crippen molar-refractivity contribution < 1.29 is 28.5 Å². The molecule has 0 unspecified atom stereocenters. The summed E-state index contributed by atoms with van der Waals surface area (Å²) in [5.74, 6) is 1.38. The van der Waals surface area contributed by atoms with E-state index in [1.807, 2.05) is 31.2 Å². The molecule has 2 aromatic rings. The predicted octanol–water partition coefficient (Wildman–Crippen LogP) is 3.06. The van der Waals surface area contributed by atoms with Crippen molar-refractivity contribution in [2.24, 2.45) is 0 Å². The van der Waals surface area contributed by atoms with Gasteiger partial charge in [0.25, 0.3) is 5.91 Å². The number of hydrogen-bond donors (Lipinski definition) is 0. The van der Waals surface area contributed by atoms with Crippen LogP contribution in [0, 0.1) is 0 Å². The Balaban J connectivity index is 1.66. The summed E-state index contributed by atoms with van der Waals surface area (Å²) in [6, 6.07) is 14.6. The van der Waals surface area contributed by atoms with Crippen LogP contribution >= 0.6 is 0 Å². The molecule has 0 aliphatic rings. The van der Waals surface area contributed by atoms with Gasteiger partial charge in [-0.1, -0.05) is 12.1 Å². The highest BCUT2D eigenvalue weighted by Gasteiger charge is 2.13. The van der Waals surface area contributed by atoms with Crippen molar-refractivity contribution in [1.29, 1.82) is 0 Å². The first-order valence-corrected chi connectivity index (χ1v) is 9.40. The first kappa shape index (κ1) is 22.1. The summed E-state index contributed by atoms with van der Waals surface area (Å²) in [5, 5.41) is 0. The number of carbonyl (C=O) groups excluding carboxylic acids is 2. The largest absolute Gasteiger partial charge is 0.497 e. The van der Waals surface area contributed by atoms with Crippen LogP contribution in [0.4, 0.5) is 0 Å². The quantitative estimate of drug-likeness (QED) is 0.539. The van der Waals surface area contributed by atoms with Crippen molar-refractivity contribution in [3.8, 4) is 17.2 Å². The summed E-state index contributed by atoms with van der Waals surface area (Å²) in [6.45, 7) is 2.82. The second kappa shape index (κ2) is 11.6. The van der Waals surface area contributed by atoms with Crippen LogP contribution in [0.3, 0.4) is 0 Å². The lowest BCUT2D eigenvalue weighted by Gasteiger charge is -2.17. The van der Waals surface area contributed by atoms with Crippen LogP contribution in [0.1, 0.15) is 18.9 Å². The van der Waals surface area contributed by atoms with Crippen molar-refractivity contribution >= 4 is 11.9 Å². The topological polar surface area (TPSA) is 74.3 Å². The van der Waals surface area contributed by atoms with E-state index in [2.05, 4.69) is 0 Å². The Morgan fingerprint density at radius 2 is 1.48 bits per heavy atom. The second-order valence-electron chi connectivity index (χ2n) is 6.26. The molecule has 0 N–H and O–H groups in total. The van der Waals surface area contributed by atoms with Gasteiger partial charge in [0.15, 0.2) is 6.61 Å². The lowest BCUT2D eigenvalue weighted by atomic mass is 10.2. The van der Waals surface area contributed by atoms with E-state index >= 15 is 0 Å². The monoisotopic (exact) mass is 401 g/mol. The van der Waals surface area contributed by atoms with Gasteiger partial charge < -0.3 is 23.8 Å². The number of carbonyl (C=O) groups is 2. The van der Waals surface area contributed by atoms with E-state index in [-0.39, 0.29) is 25.5 Å². The zero-order valence-corrected chi connectivity index (χ0v) is 17.1. The maximum Gasteiger partial charge on any atom is 0.309 e. The van der Waals surface area contributed by atoms with E-state index in [1.54, 1.807) is 38.4 Å². The number of benzene rings is 2. The average Bonchev–Trinajstić information content (AvgIpc) is 2.74. The van der Waals surface area contributed by atoms with E-state index in [4.69, 9.17) is 18.9 Å². The number of methoxy groups -OCH3 is 1. The van der Waals surface area contributed by atoms with Gasteiger partial charge in [-0.15, -0.1) is 0 Å². The van der Waals surface area contributed by atoms with Crippen LogP contribution in [0.15, 0.2) is 48.5 Å². The molecule has 0 saturated carbocycles. The molecule has 7 heteroatoms. The van der Waals surface area contributed by atoms with E-state index in [0.717, 1.165) is 17.1 Å². The van der Waals surface area contributed by atoms with Crippen LogP contribution in [0.5, 0.6) is 17.2 Å². The van der Waals surface area contributed by atoms with Gasteiger partial charge in [0.05, 0.1) is 26.7 Å². The first-order chi connectivity index (χ1) is 14.0. The van der Waals surface area contributed by atoms with Gasteiger partial charge in [-0.05, 0) is 48.9 Å². The molecular formula is C22H27NO6. The smallest absolute Gasteiger partial charge is 0.309 e. The number of ether oxygens (including phenoxy) is 4. The van der Waals surface area contributed by atoms with Gasteiger partial charge in [-0.2, -0.15) is 0 Å². The summed E-state index contributed by atoms with van der Waals surface area (Å²) in [4.78, 5) is 25.5. The van der Waals surface area contributed by atoms with E-state index < -0.39 is 5.97 Å². The van der Waals surface area contributed by atoms with Crippen LogP contribution in [-0.2, 0) is 20.9 Å². The first-order valence-electron chi connectivity index (χ1n) is 9.40. The van der Waals surface area contributed by atoms with Gasteiger partial charge >= 0.3 is 5.97 Å². The standard InChI is InChI=1S/C22H27NO6/c1-4-27-19-7-5-17(6-8-19)15-23(2)21(24)16-29-22(25)13-14-28-20-11-9-18(26-3)10-12-20/h5-12H,4,13-16H2,1-3H3. The Bertz CT molecular complexity index is 773. The number of esters is 1. The molecule has 1 amide bonds. The summed E-state index contributed by atoms with van der Waals surface area (Å²) < 4.78 is 21.0. The molecule has 0 aliphatic heterocycles. The summed E-state index contributed by atoms with van der Waals surface area (Å²) in [7, 11) is 3.25. The van der Waals surface area contributed by atoms with Crippen molar-refractivity contribution in [3.05, 3.63) is 54.1 Å². The fourth-order valence-corrected chi connectivity index (χ4v) is 2.47. The maximum absolute atomic E-state index is 12.2. The minimum Gasteiger partial charge on any atom is -0.497 e. The zero-order valence-electron chi connectivity index (χ0n) is 17.1. The molecule has 0 bridgehead atoms. The molecule has 0 aromatic heterocycles. The van der Waals surface area contributed by atoms with Crippen molar-refractivity contribution in [1.82, 2.24) is 4.90 Å². The van der Waals surface area contributed by atoms with E-state index in [9.17, 15) is 9.59 Å². The molecule has 0 aliphatic carbocycles. The molecule has 0 spiro atoms. The van der Waals surface area contributed by atoms with Gasteiger partial charge in [-0.25, -0.2) is 0 Å². The molecule has 7 nitrogen and oxygen atoms in total. The highest BCUT2D eigenvalue weighted by atomic mass is 16.5. The number of nitrogens with zero attached hydrogens (tertiary/aromatic N) is 1. The molecule has 0 radical (unpaired) electrons. The number of rotatable bonds is 11. The lowest BCUT2D eigenvalue weighted by molar-refractivity contribution is -0.152. The molecule has 0 fully saturated rings. The summed E-state index contributed by atoms with van der Waals surface area (Å²) >= 11 is 0. The molecular weight excluding hydrogens is 374 g/mol. The Morgan fingerprint density at radius 1 is 0.897 bits per heavy atom. The van der Waals surface area contributed by atoms with Crippen molar-refractivity contribution in [3.63, 3.8) is 0 Å². The molecule has 29 heavy (non-hydrogen) atoms. The lowest BCUT2D eigenvalue weighted by Crippen LogP contribution is -2.31. The Morgan fingerprint density at radius 3 is 2.10 bits per heavy atom. The molecule has 0 atom stereocenters. The van der Waals surface area contributed by atoms with Crippen LogP contribution in [0.25, 0.3) is 0 Å². The highest BCUT2D eigenvalue weighted by molar-refractivity contribution is 5.80. The van der Waals surface area contributed by atoms with Crippen molar-refractivity contribution in [2.75, 3.05) is 34.0 Å². The van der Waals surface area contributed by atoms with Gasteiger partial charge in [0, 0.05) is 13.6 Å². The van der Waals surface area contributed by atoms with Gasteiger partial charge in [0.1, 0.15) is 17.2 Å². The van der Waals surface area contributed by atoms with Crippen LogP contribution in [0.2, 0.25) is 0 Å². The number of likely N-dealkylation sites (N-methyl/N-ethyl adjacent to an activating group) is 1. The SMILES string of the molecule is CCOc1ccc(CN(C)C(=O)COC(=O)CCOc2ccc(OC)cc2)cc1. The normalized spacial score (nSPS) is 10.2. The third-order valence-electron chi connectivity index (χ3n) is 4.07. The molecule has 0 saturated heterocycles. The second-order valence-corrected chi connectivity index (χ2v) is 6.26. The maximum atomic E-state index is 12.2. The average molecular weight is 401 g/mol. The van der Waals surface area contributed by atoms with Crippen molar-refractivity contribution in [2.45, 2.75) is 19.9 Å². The fourth-order valence-electron chi connectivity index (χ4n) is 2.47. The molecule has 0 heterocycles. The third-order valence-corrected chi connectivity index (χ3v) is 4.07. The summed E-state index contributed by atoms with van der Waals surface area (Å²) in [6.07, 6.45) is 0.0575. The molecule has 156 valence electrons. The fraction of sp³-hybridized carbons (Fsp3) is 0.364. The molecule has 2 rings (SSSR count). The van der Waals surface area contributed by atoms with E-state index in [0.29, 0.717) is 18.9 Å². The van der Waals surface area contributed by atoms with E-state index in [1.165, 1.54) is 4.90 Å². The van der Waals surface area contributed by atoms with Gasteiger partial charge in [-0.3, -0.25) is 9.59 Å². The van der Waals surface area contributed by atoms with Crippen LogP contribution < -0.4 is 14.2 Å². The Kier molecular flexibility index (Phi) is 8.82. The Labute approximate surface area is 171 Å². The number of hydrogen-bond acceptors (Lipinski definition) is 6. The molecule has 2 aromatic carbocycles. The minimum absolute atomic E-state index is 0.0575. The number of amides is 1. The van der Waals surface area contributed by atoms with Crippen LogP contribution in [-0.4, -0.2) is 50.8 Å².